The Hall–Kier alpha value is -2.54. The Labute approximate surface area is 217 Å². The van der Waals surface area contributed by atoms with E-state index in [2.05, 4.69) is 6.58 Å². The molecule has 0 aliphatic heterocycles. The zero-order chi connectivity index (χ0) is 35.9. The Morgan fingerprint density at radius 2 is 0.674 bits per heavy atom. The lowest BCUT2D eigenvalue weighted by molar-refractivity contribution is -0.495. The van der Waals surface area contributed by atoms with Crippen molar-refractivity contribution in [3.8, 4) is 0 Å². The van der Waals surface area contributed by atoms with Gasteiger partial charge in [-0.05, 0) is 6.92 Å². The van der Waals surface area contributed by atoms with E-state index in [1.165, 1.54) is 0 Å². The third kappa shape index (κ3) is 4.98. The number of halogens is 25. The van der Waals surface area contributed by atoms with Gasteiger partial charge in [0.05, 0.1) is 0 Å². The van der Waals surface area contributed by atoms with Gasteiger partial charge in [-0.15, -0.1) is 0 Å². The summed E-state index contributed by atoms with van der Waals surface area (Å²) in [5.41, 5.74) is -11.2. The molecule has 0 radical (unpaired) electrons. The summed E-state index contributed by atoms with van der Waals surface area (Å²) >= 11 is 0. The monoisotopic (exact) mass is 704 g/mol. The summed E-state index contributed by atoms with van der Waals surface area (Å²) in [5, 5.41) is 0. The van der Waals surface area contributed by atoms with E-state index in [0.29, 0.717) is 0 Å². The Bertz CT molecular complexity index is 1060. The molecule has 0 heterocycles. The first-order valence-electron chi connectivity index (χ1n) is 9.19. The third-order valence-corrected chi connectivity index (χ3v) is 4.93. The van der Waals surface area contributed by atoms with Crippen LogP contribution in [0.3, 0.4) is 0 Å². The summed E-state index contributed by atoms with van der Waals surface area (Å²) in [6.45, 7) is 1.93. The van der Waals surface area contributed by atoms with Crippen molar-refractivity contribution < 1.29 is 119 Å². The molecule has 0 aliphatic rings. The minimum absolute atomic E-state index is 0.160. The van der Waals surface area contributed by atoms with Crippen molar-refractivity contribution in [1.29, 1.82) is 0 Å². The van der Waals surface area contributed by atoms with Gasteiger partial charge in [0.25, 0.3) is 0 Å². The van der Waals surface area contributed by atoms with E-state index in [4.69, 9.17) is 0 Å². The molecular formula is C16H5F25O2. The molecule has 0 N–H and O–H groups in total. The quantitative estimate of drug-likeness (QED) is 0.129. The molecule has 43 heavy (non-hydrogen) atoms. The Kier molecular flexibility index (Phi) is 9.39. The summed E-state index contributed by atoms with van der Waals surface area (Å²) < 4.78 is 336. The number of carbonyl (C=O) groups is 1. The van der Waals surface area contributed by atoms with Crippen molar-refractivity contribution >= 4 is 5.97 Å². The first-order chi connectivity index (χ1) is 18.1. The average molecular weight is 704 g/mol. The lowest BCUT2D eigenvalue weighted by atomic mass is 9.82. The number of esters is 1. The van der Waals surface area contributed by atoms with Crippen LogP contribution in [0.25, 0.3) is 0 Å². The number of rotatable bonds is 10. The molecule has 0 fully saturated rings. The Balaban J connectivity index is 8.09. The molecule has 0 aliphatic carbocycles. The van der Waals surface area contributed by atoms with Gasteiger partial charge in [0, 0.05) is 5.57 Å². The second kappa shape index (κ2) is 9.98. The van der Waals surface area contributed by atoms with Gasteiger partial charge < -0.3 is 4.74 Å². The van der Waals surface area contributed by atoms with Crippen LogP contribution in [0.15, 0.2) is 12.2 Å². The number of ether oxygens (including phenoxy) is 1. The second-order valence-corrected chi connectivity index (χ2v) is 7.94. The fourth-order valence-electron chi connectivity index (χ4n) is 2.45. The maximum Gasteiger partial charge on any atom is 0.460 e. The standard InChI is InChI=1S/C16H5F25O2/c1-3(2)4(42)43-13(32,11(28,29)9(24,25)12(30,31)16(39,40)41)10(26,27)8(22,23)7(20,21)6(18,19)5(17,14(33,34)35)15(36,37)38/h1H2,2H3. The van der Waals surface area contributed by atoms with E-state index in [1.807, 2.05) is 4.74 Å². The smallest absolute Gasteiger partial charge is 0.413 e. The van der Waals surface area contributed by atoms with Crippen LogP contribution < -0.4 is 0 Å². The third-order valence-electron chi connectivity index (χ3n) is 4.93. The zero-order valence-electron chi connectivity index (χ0n) is 19.0. The van der Waals surface area contributed by atoms with E-state index in [9.17, 15) is 115 Å². The van der Waals surface area contributed by atoms with Crippen molar-refractivity contribution in [2.45, 2.75) is 78.4 Å². The normalized spacial score (nSPS) is 17.4. The van der Waals surface area contributed by atoms with Gasteiger partial charge in [0.2, 0.25) is 0 Å². The van der Waals surface area contributed by atoms with E-state index < -0.39 is 83.1 Å². The Morgan fingerprint density at radius 1 is 0.419 bits per heavy atom. The Morgan fingerprint density at radius 3 is 0.907 bits per heavy atom. The molecular weight excluding hydrogens is 699 g/mol. The van der Waals surface area contributed by atoms with Gasteiger partial charge in [-0.3, -0.25) is 0 Å². The van der Waals surface area contributed by atoms with E-state index in [1.54, 1.807) is 0 Å². The van der Waals surface area contributed by atoms with Gasteiger partial charge in [-0.2, -0.15) is 105 Å². The predicted octanol–water partition coefficient (Wildman–Crippen LogP) is 8.61. The lowest BCUT2D eigenvalue weighted by Gasteiger charge is -2.47. The largest absolute Gasteiger partial charge is 0.460 e. The van der Waals surface area contributed by atoms with Crippen LogP contribution in [0.4, 0.5) is 110 Å². The lowest BCUT2D eigenvalue weighted by Crippen LogP contribution is -2.80. The topological polar surface area (TPSA) is 26.3 Å². The highest BCUT2D eigenvalue weighted by Crippen LogP contribution is 2.68. The van der Waals surface area contributed by atoms with Gasteiger partial charge in [0.15, 0.2) is 0 Å². The molecule has 0 saturated heterocycles. The molecule has 0 aromatic rings. The van der Waals surface area contributed by atoms with E-state index >= 15 is 0 Å². The summed E-state index contributed by atoms with van der Waals surface area (Å²) in [7, 11) is 0. The minimum Gasteiger partial charge on any atom is -0.413 e. The summed E-state index contributed by atoms with van der Waals surface area (Å²) in [4.78, 5) is 11.2. The van der Waals surface area contributed by atoms with Crippen LogP contribution in [0.5, 0.6) is 0 Å². The number of hydrogen-bond acceptors (Lipinski definition) is 2. The molecule has 1 atom stereocenters. The molecule has 2 nitrogen and oxygen atoms in total. The highest BCUT2D eigenvalue weighted by atomic mass is 19.4. The van der Waals surface area contributed by atoms with Gasteiger partial charge >= 0.3 is 77.5 Å². The van der Waals surface area contributed by atoms with Crippen molar-refractivity contribution in [3.05, 3.63) is 12.2 Å². The van der Waals surface area contributed by atoms with Crippen LogP contribution in [0.2, 0.25) is 0 Å². The maximum absolute atomic E-state index is 14.8. The van der Waals surface area contributed by atoms with E-state index in [-0.39, 0.29) is 6.92 Å². The van der Waals surface area contributed by atoms with Crippen molar-refractivity contribution in [3.63, 3.8) is 0 Å². The molecule has 0 rings (SSSR count). The van der Waals surface area contributed by atoms with Crippen LogP contribution in [0, 0.1) is 0 Å². The molecule has 0 amide bonds. The predicted molar refractivity (Wildman–Crippen MR) is 81.4 cm³/mol. The van der Waals surface area contributed by atoms with Gasteiger partial charge in [-0.1, -0.05) is 6.58 Å². The number of carbonyl (C=O) groups excluding carboxylic acids is 1. The summed E-state index contributed by atoms with van der Waals surface area (Å²) in [6.07, 6.45) is -25.5. The summed E-state index contributed by atoms with van der Waals surface area (Å²) in [6, 6.07) is 0. The van der Waals surface area contributed by atoms with Crippen molar-refractivity contribution in [2.75, 3.05) is 0 Å². The van der Waals surface area contributed by atoms with Crippen molar-refractivity contribution in [2.24, 2.45) is 0 Å². The van der Waals surface area contributed by atoms with Gasteiger partial charge in [0.1, 0.15) is 0 Å². The fourth-order valence-corrected chi connectivity index (χ4v) is 2.45. The average Bonchev–Trinajstić information content (AvgIpc) is 2.74. The maximum atomic E-state index is 14.8. The van der Waals surface area contributed by atoms with Gasteiger partial charge in [-0.25, -0.2) is 9.18 Å². The molecule has 256 valence electrons. The second-order valence-electron chi connectivity index (χ2n) is 7.94. The van der Waals surface area contributed by atoms with Crippen LogP contribution in [-0.4, -0.2) is 77.5 Å². The highest BCUT2D eigenvalue weighted by molar-refractivity contribution is 5.87. The molecule has 0 saturated carbocycles. The number of hydrogen-bond donors (Lipinski definition) is 0. The summed E-state index contributed by atoms with van der Waals surface area (Å²) in [5.74, 6) is -78.1. The molecule has 0 aromatic carbocycles. The van der Waals surface area contributed by atoms with E-state index in [0.717, 1.165) is 0 Å². The molecule has 27 heteroatoms. The molecule has 0 bridgehead atoms. The van der Waals surface area contributed by atoms with Crippen LogP contribution in [-0.2, 0) is 9.53 Å². The SMILES string of the molecule is C=C(C)C(=O)OC(F)(C(F)(F)C(F)(F)C(F)(F)C(F)(F)F)C(F)(F)C(F)(F)C(F)(F)C(F)(F)C(F)(C(F)(F)F)C(F)(F)F. The zero-order valence-corrected chi connectivity index (χ0v) is 19.0. The van der Waals surface area contributed by atoms with Crippen molar-refractivity contribution in [1.82, 2.24) is 0 Å². The van der Waals surface area contributed by atoms with Crippen LogP contribution in [0.1, 0.15) is 6.92 Å². The minimum atomic E-state index is -9.67. The molecule has 1 unspecified atom stereocenters. The first kappa shape index (κ1) is 40.5. The highest BCUT2D eigenvalue weighted by Gasteiger charge is 3.01. The molecule has 0 spiro atoms. The first-order valence-corrected chi connectivity index (χ1v) is 9.19. The van der Waals surface area contributed by atoms with Crippen LogP contribution >= 0.6 is 0 Å². The number of alkyl halides is 25. The fraction of sp³-hybridized carbons (Fsp3) is 0.812. The molecule has 0 aromatic heterocycles.